The zero-order chi connectivity index (χ0) is 22.2. The maximum absolute atomic E-state index is 4.71. The summed E-state index contributed by atoms with van der Waals surface area (Å²) in [5.41, 5.74) is 6.25. The first-order valence-electron chi connectivity index (χ1n) is 12.9. The Morgan fingerprint density at radius 3 is 2.73 bits per heavy atom. The first kappa shape index (κ1) is 19.8. The van der Waals surface area contributed by atoms with Gasteiger partial charge in [-0.25, -0.2) is 9.97 Å². The lowest BCUT2D eigenvalue weighted by Gasteiger charge is -2.58. The van der Waals surface area contributed by atoms with E-state index in [1.54, 1.807) is 5.57 Å². The Morgan fingerprint density at radius 1 is 0.970 bits per heavy atom. The smallest absolute Gasteiger partial charge is 0.100 e. The van der Waals surface area contributed by atoms with Crippen LogP contribution in [0.2, 0.25) is 0 Å². The van der Waals surface area contributed by atoms with Crippen LogP contribution in [-0.2, 0) is 0 Å². The van der Waals surface area contributed by atoms with Gasteiger partial charge in [-0.3, -0.25) is 0 Å². The molecule has 0 N–H and O–H groups in total. The minimum atomic E-state index is 0.260. The summed E-state index contributed by atoms with van der Waals surface area (Å²) in [6.45, 7) is 5.17. The fourth-order valence-electron chi connectivity index (χ4n) is 8.48. The number of nitrogens with zero attached hydrogens (tertiary/aromatic N) is 4. The highest BCUT2D eigenvalue weighted by Gasteiger charge is 2.57. The van der Waals surface area contributed by atoms with Gasteiger partial charge in [0.05, 0.1) is 23.4 Å². The summed E-state index contributed by atoms with van der Waals surface area (Å²) in [7, 11) is 0. The molecule has 0 aliphatic heterocycles. The largest absolute Gasteiger partial charge is 0.331 e. The predicted octanol–water partition coefficient (Wildman–Crippen LogP) is 6.89. The maximum Gasteiger partial charge on any atom is 0.100 e. The molecule has 6 atom stereocenters. The van der Waals surface area contributed by atoms with Gasteiger partial charge < -0.3 is 9.13 Å². The van der Waals surface area contributed by atoms with E-state index in [4.69, 9.17) is 4.98 Å². The molecule has 3 aromatic rings. The number of rotatable bonds is 2. The fraction of sp³-hybridized carbons (Fsp3) is 0.517. The molecule has 170 valence electrons. The highest BCUT2D eigenvalue weighted by molar-refractivity contribution is 5.80. The van der Waals surface area contributed by atoms with Crippen molar-refractivity contribution in [1.82, 2.24) is 19.1 Å². The molecule has 2 fully saturated rings. The molecular weight excluding hydrogens is 404 g/mol. The van der Waals surface area contributed by atoms with E-state index in [1.165, 1.54) is 56.2 Å². The van der Waals surface area contributed by atoms with Crippen molar-refractivity contribution >= 4 is 16.7 Å². The highest BCUT2D eigenvalue weighted by Crippen LogP contribution is 2.66. The summed E-state index contributed by atoms with van der Waals surface area (Å²) < 4.78 is 4.71. The molecular formula is C29H34N4. The van der Waals surface area contributed by atoms with E-state index in [0.717, 1.165) is 23.3 Å². The molecule has 4 unspecified atom stereocenters. The Hall–Kier alpha value is -2.62. The monoisotopic (exact) mass is 438 g/mol. The average Bonchev–Trinajstić information content (AvgIpc) is 3.57. The lowest BCUT2D eigenvalue weighted by Crippen LogP contribution is -2.50. The third-order valence-corrected chi connectivity index (χ3v) is 10.2. The summed E-state index contributed by atoms with van der Waals surface area (Å²) in [6.07, 6.45) is 22.4. The molecule has 0 bridgehead atoms. The van der Waals surface area contributed by atoms with Crippen LogP contribution in [0.5, 0.6) is 0 Å². The van der Waals surface area contributed by atoms with Crippen molar-refractivity contribution < 1.29 is 0 Å². The van der Waals surface area contributed by atoms with Crippen molar-refractivity contribution in [3.8, 4) is 0 Å². The predicted molar refractivity (Wildman–Crippen MR) is 132 cm³/mol. The first-order valence-corrected chi connectivity index (χ1v) is 12.9. The minimum Gasteiger partial charge on any atom is -0.331 e. The summed E-state index contributed by atoms with van der Waals surface area (Å²) in [4.78, 5) is 9.01. The van der Waals surface area contributed by atoms with Crippen LogP contribution >= 0.6 is 0 Å². The third kappa shape index (κ3) is 2.70. The van der Waals surface area contributed by atoms with E-state index in [2.05, 4.69) is 76.9 Å². The fourth-order valence-corrected chi connectivity index (χ4v) is 8.48. The van der Waals surface area contributed by atoms with Crippen LogP contribution in [0.3, 0.4) is 0 Å². The van der Waals surface area contributed by atoms with Gasteiger partial charge >= 0.3 is 0 Å². The van der Waals surface area contributed by atoms with Gasteiger partial charge in [0, 0.05) is 23.5 Å². The maximum atomic E-state index is 4.71. The van der Waals surface area contributed by atoms with Gasteiger partial charge in [-0.1, -0.05) is 43.7 Å². The normalized spacial score (nSPS) is 37.8. The molecule has 4 aliphatic rings. The first-order chi connectivity index (χ1) is 16.1. The van der Waals surface area contributed by atoms with Crippen LogP contribution in [0.4, 0.5) is 0 Å². The molecule has 0 saturated heterocycles. The SMILES string of the molecule is C[C@]12CCC(n3ccnc3)C=C1CCC1C2CC[C@]2(C)C(n3cnc4ccccc43)=CCC12. The molecule has 1 aromatic carbocycles. The number of hydrogen-bond donors (Lipinski definition) is 0. The van der Waals surface area contributed by atoms with Gasteiger partial charge in [-0.2, -0.15) is 0 Å². The summed E-state index contributed by atoms with van der Waals surface area (Å²) >= 11 is 0. The summed E-state index contributed by atoms with van der Waals surface area (Å²) in [5, 5.41) is 0. The average molecular weight is 439 g/mol. The Labute approximate surface area is 196 Å². The molecule has 4 heteroatoms. The van der Waals surface area contributed by atoms with E-state index in [0.29, 0.717) is 11.5 Å². The van der Waals surface area contributed by atoms with E-state index >= 15 is 0 Å². The quantitative estimate of drug-likeness (QED) is 0.409. The zero-order valence-corrected chi connectivity index (χ0v) is 19.8. The third-order valence-electron chi connectivity index (χ3n) is 10.2. The summed E-state index contributed by atoms with van der Waals surface area (Å²) in [6, 6.07) is 9.09. The van der Waals surface area contributed by atoms with Gasteiger partial charge in [0.15, 0.2) is 0 Å². The lowest BCUT2D eigenvalue weighted by molar-refractivity contribution is -0.0251. The second-order valence-electron chi connectivity index (χ2n) is 11.5. The van der Waals surface area contributed by atoms with Crippen molar-refractivity contribution in [2.75, 3.05) is 0 Å². The van der Waals surface area contributed by atoms with E-state index in [1.807, 2.05) is 12.5 Å². The molecule has 0 spiro atoms. The molecule has 2 saturated carbocycles. The lowest BCUT2D eigenvalue weighted by atomic mass is 9.47. The van der Waals surface area contributed by atoms with Crippen molar-refractivity contribution in [3.63, 3.8) is 0 Å². The van der Waals surface area contributed by atoms with Crippen molar-refractivity contribution in [3.05, 3.63) is 67.0 Å². The molecule has 7 rings (SSSR count). The van der Waals surface area contributed by atoms with Crippen LogP contribution in [0.25, 0.3) is 16.7 Å². The van der Waals surface area contributed by atoms with E-state index in [-0.39, 0.29) is 5.41 Å². The number of imidazole rings is 2. The Morgan fingerprint density at radius 2 is 1.85 bits per heavy atom. The standard InChI is InChI=1S/C29H34N4/c1-28-13-11-21(32-16-15-30-18-32)17-20(28)7-8-22-23-9-10-27(29(23,2)14-12-24(22)28)33-19-31-25-5-3-4-6-26(25)33/h3-6,10,15-19,21-24H,7-9,11-14H2,1-2H3/t21?,22?,23?,24?,28-,29-/m0/s1. The number of para-hydroxylation sites is 2. The van der Waals surface area contributed by atoms with Gasteiger partial charge in [0.2, 0.25) is 0 Å². The molecule has 0 amide bonds. The van der Waals surface area contributed by atoms with Gasteiger partial charge in [-0.15, -0.1) is 0 Å². The van der Waals surface area contributed by atoms with Gasteiger partial charge in [0.25, 0.3) is 0 Å². The Bertz CT molecular complexity index is 1260. The second-order valence-corrected chi connectivity index (χ2v) is 11.5. The molecule has 2 aromatic heterocycles. The minimum absolute atomic E-state index is 0.260. The Balaban J connectivity index is 1.20. The number of fused-ring (bicyclic) bond motifs is 6. The van der Waals surface area contributed by atoms with Crippen LogP contribution < -0.4 is 0 Å². The summed E-state index contributed by atoms with van der Waals surface area (Å²) in [5.74, 6) is 2.42. The van der Waals surface area contributed by atoms with Gasteiger partial charge in [-0.05, 0) is 80.2 Å². The van der Waals surface area contributed by atoms with Crippen molar-refractivity contribution in [2.24, 2.45) is 28.6 Å². The molecule has 4 aliphatic carbocycles. The number of aromatic nitrogens is 4. The van der Waals surface area contributed by atoms with Crippen molar-refractivity contribution in [1.29, 1.82) is 0 Å². The topological polar surface area (TPSA) is 35.6 Å². The molecule has 4 nitrogen and oxygen atoms in total. The van der Waals surface area contributed by atoms with Crippen LogP contribution in [0.15, 0.2) is 67.0 Å². The number of benzene rings is 1. The van der Waals surface area contributed by atoms with E-state index in [9.17, 15) is 0 Å². The van der Waals surface area contributed by atoms with Gasteiger partial charge in [0.1, 0.15) is 6.33 Å². The zero-order valence-electron chi connectivity index (χ0n) is 19.8. The van der Waals surface area contributed by atoms with Crippen LogP contribution in [0, 0.1) is 28.6 Å². The van der Waals surface area contributed by atoms with E-state index < -0.39 is 0 Å². The molecule has 2 heterocycles. The number of allylic oxidation sites excluding steroid dienone is 4. The van der Waals surface area contributed by atoms with Crippen LogP contribution in [0.1, 0.15) is 64.8 Å². The van der Waals surface area contributed by atoms with Crippen LogP contribution in [-0.4, -0.2) is 19.1 Å². The Kier molecular flexibility index (Phi) is 4.17. The molecule has 33 heavy (non-hydrogen) atoms. The molecule has 0 radical (unpaired) electrons. The number of hydrogen-bond acceptors (Lipinski definition) is 2. The van der Waals surface area contributed by atoms with Crippen molar-refractivity contribution in [2.45, 2.75) is 64.8 Å². The highest BCUT2D eigenvalue weighted by atomic mass is 15.1. The second kappa shape index (κ2) is 6.94.